The van der Waals surface area contributed by atoms with Crippen molar-refractivity contribution in [3.05, 3.63) is 28.0 Å². The van der Waals surface area contributed by atoms with E-state index in [4.69, 9.17) is 0 Å². The molecule has 0 aliphatic rings. The normalized spacial score (nSPS) is 11.3. The Hall–Kier alpha value is -0.600. The lowest BCUT2D eigenvalue weighted by Crippen LogP contribution is -2.14. The van der Waals surface area contributed by atoms with E-state index in [-0.39, 0.29) is 0 Å². The Labute approximate surface area is 90.9 Å². The molecule has 0 bridgehead atoms. The molecular formula is C12H19NS. The molecule has 0 saturated carbocycles. The van der Waals surface area contributed by atoms with Crippen LogP contribution in [0, 0.1) is 6.92 Å². The second-order valence-electron chi connectivity index (χ2n) is 3.39. The molecule has 14 heavy (non-hydrogen) atoms. The molecule has 0 aliphatic heterocycles. The van der Waals surface area contributed by atoms with Gasteiger partial charge in [-0.3, -0.25) is 0 Å². The molecule has 0 spiro atoms. The van der Waals surface area contributed by atoms with Crippen molar-refractivity contribution in [2.24, 2.45) is 0 Å². The number of rotatable bonds is 6. The number of hydrogen-bond acceptors (Lipinski definition) is 2. The van der Waals surface area contributed by atoms with E-state index in [0.29, 0.717) is 0 Å². The van der Waals surface area contributed by atoms with Crippen LogP contribution < -0.4 is 5.32 Å². The first-order valence-corrected chi connectivity index (χ1v) is 6.08. The average Bonchev–Trinajstić information content (AvgIpc) is 2.58. The summed E-state index contributed by atoms with van der Waals surface area (Å²) in [6, 6.07) is 4.34. The molecule has 0 unspecified atom stereocenters. The fourth-order valence-corrected chi connectivity index (χ4v) is 2.04. The molecule has 1 N–H and O–H groups in total. The molecule has 0 radical (unpaired) electrons. The first-order valence-electron chi connectivity index (χ1n) is 5.26. The molecule has 0 amide bonds. The summed E-state index contributed by atoms with van der Waals surface area (Å²) in [6.07, 6.45) is 6.80. The van der Waals surface area contributed by atoms with Crippen molar-refractivity contribution in [3.63, 3.8) is 0 Å². The minimum absolute atomic E-state index is 1.09. The molecule has 1 heterocycles. The first-order chi connectivity index (χ1) is 6.83. The summed E-state index contributed by atoms with van der Waals surface area (Å²) in [5.74, 6) is 0. The van der Waals surface area contributed by atoms with Gasteiger partial charge >= 0.3 is 0 Å². The third-order valence-electron chi connectivity index (χ3n) is 1.96. The molecule has 78 valence electrons. The van der Waals surface area contributed by atoms with E-state index >= 15 is 0 Å². The van der Waals surface area contributed by atoms with Crippen molar-refractivity contribution in [3.8, 4) is 0 Å². The van der Waals surface area contributed by atoms with E-state index in [1.54, 1.807) is 0 Å². The lowest BCUT2D eigenvalue weighted by Gasteiger charge is -1.97. The van der Waals surface area contributed by atoms with Gasteiger partial charge in [-0.05, 0) is 51.1 Å². The summed E-state index contributed by atoms with van der Waals surface area (Å²) in [5.41, 5.74) is 0. The smallest absolute Gasteiger partial charge is 0.0269 e. The topological polar surface area (TPSA) is 12.0 Å². The standard InChI is InChI=1S/C12H19NS/c1-3-9-13-10-5-4-6-12-8-7-11(2)14-12/h4,6-8,13H,3,5,9-10H2,1-2H3. The van der Waals surface area contributed by atoms with Gasteiger partial charge in [0.2, 0.25) is 0 Å². The third-order valence-corrected chi connectivity index (χ3v) is 2.92. The molecule has 1 aromatic rings. The highest BCUT2D eigenvalue weighted by molar-refractivity contribution is 7.12. The zero-order valence-electron chi connectivity index (χ0n) is 9.05. The number of thiophene rings is 1. The molecule has 1 aromatic heterocycles. The Balaban J connectivity index is 2.15. The molecule has 1 rings (SSSR count). The largest absolute Gasteiger partial charge is 0.316 e. The number of nitrogens with one attached hydrogen (secondary N) is 1. The molecule has 1 nitrogen and oxygen atoms in total. The van der Waals surface area contributed by atoms with Gasteiger partial charge in [-0.15, -0.1) is 11.3 Å². The molecule has 2 heteroatoms. The Morgan fingerprint density at radius 2 is 2.21 bits per heavy atom. The SMILES string of the molecule is CCCNCCC=Cc1ccc(C)s1. The van der Waals surface area contributed by atoms with E-state index in [2.05, 4.69) is 43.4 Å². The van der Waals surface area contributed by atoms with Crippen LogP contribution in [0.2, 0.25) is 0 Å². The average molecular weight is 209 g/mol. The molecular weight excluding hydrogens is 190 g/mol. The van der Waals surface area contributed by atoms with Crippen molar-refractivity contribution in [1.29, 1.82) is 0 Å². The first kappa shape index (κ1) is 11.5. The Morgan fingerprint density at radius 3 is 2.86 bits per heavy atom. The van der Waals surface area contributed by atoms with Gasteiger partial charge in [0, 0.05) is 9.75 Å². The Kier molecular flexibility index (Phi) is 5.57. The van der Waals surface area contributed by atoms with Gasteiger partial charge in [0.25, 0.3) is 0 Å². The third kappa shape index (κ3) is 4.58. The van der Waals surface area contributed by atoms with Crippen LogP contribution >= 0.6 is 11.3 Å². The summed E-state index contributed by atoms with van der Waals surface area (Å²) in [7, 11) is 0. The van der Waals surface area contributed by atoms with Crippen LogP contribution in [0.15, 0.2) is 18.2 Å². The lowest BCUT2D eigenvalue weighted by atomic mass is 10.3. The van der Waals surface area contributed by atoms with E-state index in [1.165, 1.54) is 16.2 Å². The van der Waals surface area contributed by atoms with E-state index in [0.717, 1.165) is 19.5 Å². The zero-order valence-corrected chi connectivity index (χ0v) is 9.86. The van der Waals surface area contributed by atoms with Gasteiger partial charge < -0.3 is 5.32 Å². The van der Waals surface area contributed by atoms with Crippen LogP contribution in [0.1, 0.15) is 29.5 Å². The van der Waals surface area contributed by atoms with Gasteiger partial charge in [0.05, 0.1) is 0 Å². The van der Waals surface area contributed by atoms with Crippen LogP contribution in [0.3, 0.4) is 0 Å². The van der Waals surface area contributed by atoms with E-state index in [9.17, 15) is 0 Å². The summed E-state index contributed by atoms with van der Waals surface area (Å²) in [4.78, 5) is 2.74. The Morgan fingerprint density at radius 1 is 1.36 bits per heavy atom. The highest BCUT2D eigenvalue weighted by atomic mass is 32.1. The Bertz CT molecular complexity index is 276. The van der Waals surface area contributed by atoms with Crippen LogP contribution in [-0.4, -0.2) is 13.1 Å². The van der Waals surface area contributed by atoms with Crippen molar-refractivity contribution >= 4 is 17.4 Å². The van der Waals surface area contributed by atoms with E-state index < -0.39 is 0 Å². The molecule has 0 aliphatic carbocycles. The fourth-order valence-electron chi connectivity index (χ4n) is 1.23. The highest BCUT2D eigenvalue weighted by Crippen LogP contribution is 2.16. The van der Waals surface area contributed by atoms with Crippen molar-refractivity contribution in [2.75, 3.05) is 13.1 Å². The van der Waals surface area contributed by atoms with Crippen molar-refractivity contribution in [2.45, 2.75) is 26.7 Å². The van der Waals surface area contributed by atoms with Gasteiger partial charge in [-0.2, -0.15) is 0 Å². The maximum atomic E-state index is 3.38. The van der Waals surface area contributed by atoms with Gasteiger partial charge in [-0.25, -0.2) is 0 Å². The van der Waals surface area contributed by atoms with Crippen molar-refractivity contribution in [1.82, 2.24) is 5.32 Å². The second kappa shape index (κ2) is 6.80. The molecule has 0 saturated heterocycles. The maximum absolute atomic E-state index is 3.38. The minimum Gasteiger partial charge on any atom is -0.316 e. The van der Waals surface area contributed by atoms with Crippen LogP contribution in [-0.2, 0) is 0 Å². The monoisotopic (exact) mass is 209 g/mol. The van der Waals surface area contributed by atoms with Crippen molar-refractivity contribution < 1.29 is 0 Å². The summed E-state index contributed by atoms with van der Waals surface area (Å²) in [6.45, 7) is 6.56. The number of hydrogen-bond donors (Lipinski definition) is 1. The zero-order chi connectivity index (χ0) is 10.2. The quantitative estimate of drug-likeness (QED) is 0.707. The maximum Gasteiger partial charge on any atom is 0.0269 e. The summed E-state index contributed by atoms with van der Waals surface area (Å²) < 4.78 is 0. The minimum atomic E-state index is 1.09. The summed E-state index contributed by atoms with van der Waals surface area (Å²) >= 11 is 1.85. The fraction of sp³-hybridized carbons (Fsp3) is 0.500. The lowest BCUT2D eigenvalue weighted by molar-refractivity contribution is 0.679. The van der Waals surface area contributed by atoms with E-state index in [1.807, 2.05) is 11.3 Å². The predicted octanol–water partition coefficient (Wildman–Crippen LogP) is 3.46. The number of aryl methyl sites for hydroxylation is 1. The highest BCUT2D eigenvalue weighted by Gasteiger charge is 1.90. The summed E-state index contributed by atoms with van der Waals surface area (Å²) in [5, 5.41) is 3.38. The van der Waals surface area contributed by atoms with Crippen LogP contribution in [0.25, 0.3) is 6.08 Å². The molecule has 0 aromatic carbocycles. The van der Waals surface area contributed by atoms with Crippen LogP contribution in [0.5, 0.6) is 0 Å². The van der Waals surface area contributed by atoms with Gasteiger partial charge in [0.15, 0.2) is 0 Å². The molecule has 0 atom stereocenters. The van der Waals surface area contributed by atoms with Crippen LogP contribution in [0.4, 0.5) is 0 Å². The van der Waals surface area contributed by atoms with Gasteiger partial charge in [-0.1, -0.05) is 13.0 Å². The predicted molar refractivity (Wildman–Crippen MR) is 65.9 cm³/mol. The second-order valence-corrected chi connectivity index (χ2v) is 4.71. The molecule has 0 fully saturated rings. The van der Waals surface area contributed by atoms with Gasteiger partial charge in [0.1, 0.15) is 0 Å².